The number of para-hydroxylation sites is 2. The molecule has 0 aromatic heterocycles. The van der Waals surface area contributed by atoms with E-state index in [4.69, 9.17) is 4.74 Å². The summed E-state index contributed by atoms with van der Waals surface area (Å²) in [5.74, 6) is 0.899. The van der Waals surface area contributed by atoms with Crippen molar-refractivity contribution < 1.29 is 19.1 Å². The lowest BCUT2D eigenvalue weighted by molar-refractivity contribution is -0.142. The number of nitrogens with zero attached hydrogens (tertiary/aromatic N) is 4. The standard InChI is InChI=1S/C26H38N4O4/c1-26(2,3)30-18-20(17-23(30)31)25(33)28-11-9-19(10-12-28)24(32)29-15-13-27(14-16-29)21-7-5-6-8-22(21)34-4/h5-8,19-20H,9-18H2,1-4H3/t20-/m0/s1. The largest absolute Gasteiger partial charge is 0.495 e. The lowest BCUT2D eigenvalue weighted by Crippen LogP contribution is -2.52. The molecule has 0 aliphatic carbocycles. The number of piperidine rings is 1. The van der Waals surface area contributed by atoms with Gasteiger partial charge in [-0.15, -0.1) is 0 Å². The van der Waals surface area contributed by atoms with E-state index in [-0.39, 0.29) is 35.1 Å². The molecular weight excluding hydrogens is 432 g/mol. The molecule has 1 atom stereocenters. The van der Waals surface area contributed by atoms with Crippen molar-refractivity contribution in [2.75, 3.05) is 57.8 Å². The first-order valence-electron chi connectivity index (χ1n) is 12.4. The molecule has 3 saturated heterocycles. The van der Waals surface area contributed by atoms with Crippen LogP contribution in [0.4, 0.5) is 5.69 Å². The van der Waals surface area contributed by atoms with Crippen molar-refractivity contribution in [3.63, 3.8) is 0 Å². The van der Waals surface area contributed by atoms with Crippen molar-refractivity contribution in [2.45, 2.75) is 45.6 Å². The molecule has 34 heavy (non-hydrogen) atoms. The number of methoxy groups -OCH3 is 1. The summed E-state index contributed by atoms with van der Waals surface area (Å²) in [6.45, 7) is 10.7. The van der Waals surface area contributed by atoms with Crippen LogP contribution in [0, 0.1) is 11.8 Å². The van der Waals surface area contributed by atoms with Gasteiger partial charge in [0.1, 0.15) is 5.75 Å². The molecule has 0 N–H and O–H groups in total. The predicted octanol–water partition coefficient (Wildman–Crippen LogP) is 2.23. The highest BCUT2D eigenvalue weighted by Gasteiger charge is 2.42. The van der Waals surface area contributed by atoms with Crippen LogP contribution in [0.15, 0.2) is 24.3 Å². The minimum Gasteiger partial charge on any atom is -0.495 e. The highest BCUT2D eigenvalue weighted by molar-refractivity contribution is 5.90. The topological polar surface area (TPSA) is 73.4 Å². The summed E-state index contributed by atoms with van der Waals surface area (Å²) < 4.78 is 5.49. The number of amides is 3. The molecule has 186 valence electrons. The van der Waals surface area contributed by atoms with Gasteiger partial charge in [0.25, 0.3) is 0 Å². The summed E-state index contributed by atoms with van der Waals surface area (Å²) in [6.07, 6.45) is 1.69. The fourth-order valence-corrected chi connectivity index (χ4v) is 5.44. The predicted molar refractivity (Wildman–Crippen MR) is 131 cm³/mol. The molecule has 0 radical (unpaired) electrons. The van der Waals surface area contributed by atoms with Crippen LogP contribution in [0.25, 0.3) is 0 Å². The summed E-state index contributed by atoms with van der Waals surface area (Å²) >= 11 is 0. The molecular formula is C26H38N4O4. The number of anilines is 1. The second-order valence-corrected chi connectivity index (χ2v) is 10.7. The van der Waals surface area contributed by atoms with Crippen LogP contribution in [-0.4, -0.2) is 90.9 Å². The fraction of sp³-hybridized carbons (Fsp3) is 0.654. The zero-order valence-corrected chi connectivity index (χ0v) is 21.0. The van der Waals surface area contributed by atoms with Gasteiger partial charge in [-0.1, -0.05) is 12.1 Å². The number of rotatable bonds is 4. The van der Waals surface area contributed by atoms with Crippen LogP contribution in [0.1, 0.15) is 40.0 Å². The first-order valence-corrected chi connectivity index (χ1v) is 12.4. The Morgan fingerprint density at radius 2 is 1.47 bits per heavy atom. The molecule has 3 aliphatic rings. The van der Waals surface area contributed by atoms with Gasteiger partial charge in [-0.25, -0.2) is 0 Å². The molecule has 1 aromatic carbocycles. The number of benzene rings is 1. The summed E-state index contributed by atoms with van der Waals surface area (Å²) in [5.41, 5.74) is 0.806. The van der Waals surface area contributed by atoms with Crippen molar-refractivity contribution in [3.05, 3.63) is 24.3 Å². The van der Waals surface area contributed by atoms with Gasteiger partial charge >= 0.3 is 0 Å². The Bertz CT molecular complexity index is 912. The number of ether oxygens (including phenoxy) is 1. The molecule has 0 bridgehead atoms. The summed E-state index contributed by atoms with van der Waals surface area (Å²) in [6, 6.07) is 7.99. The van der Waals surface area contributed by atoms with Crippen LogP contribution in [-0.2, 0) is 14.4 Å². The van der Waals surface area contributed by atoms with E-state index >= 15 is 0 Å². The van der Waals surface area contributed by atoms with Crippen molar-refractivity contribution in [2.24, 2.45) is 11.8 Å². The third-order valence-electron chi connectivity index (χ3n) is 7.46. The normalized spacial score (nSPS) is 22.4. The van der Waals surface area contributed by atoms with Gasteiger partial charge in [0.05, 0.1) is 18.7 Å². The van der Waals surface area contributed by atoms with Gasteiger partial charge in [0.15, 0.2) is 0 Å². The molecule has 0 unspecified atom stereocenters. The number of likely N-dealkylation sites (tertiary alicyclic amines) is 2. The van der Waals surface area contributed by atoms with Crippen molar-refractivity contribution >= 4 is 23.4 Å². The summed E-state index contributed by atoms with van der Waals surface area (Å²) in [4.78, 5) is 46.5. The maximum atomic E-state index is 13.2. The van der Waals surface area contributed by atoms with Crippen LogP contribution >= 0.6 is 0 Å². The SMILES string of the molecule is COc1ccccc1N1CCN(C(=O)C2CCN(C(=O)[C@H]3CC(=O)N(C(C)(C)C)C3)CC2)CC1. The zero-order chi connectivity index (χ0) is 24.5. The van der Waals surface area contributed by atoms with E-state index in [2.05, 4.69) is 11.0 Å². The first kappa shape index (κ1) is 24.4. The molecule has 1 aromatic rings. The van der Waals surface area contributed by atoms with Gasteiger partial charge in [-0.3, -0.25) is 14.4 Å². The Hall–Kier alpha value is -2.77. The molecule has 0 saturated carbocycles. The van der Waals surface area contributed by atoms with Crippen LogP contribution in [0.2, 0.25) is 0 Å². The number of carbonyl (C=O) groups excluding carboxylic acids is 3. The monoisotopic (exact) mass is 470 g/mol. The van der Waals surface area contributed by atoms with Crippen LogP contribution in [0.3, 0.4) is 0 Å². The molecule has 8 nitrogen and oxygen atoms in total. The molecule has 3 fully saturated rings. The van der Waals surface area contributed by atoms with Crippen LogP contribution < -0.4 is 9.64 Å². The third kappa shape index (κ3) is 5.00. The molecule has 4 rings (SSSR count). The molecule has 3 heterocycles. The lowest BCUT2D eigenvalue weighted by Gasteiger charge is -2.40. The van der Waals surface area contributed by atoms with E-state index in [0.29, 0.717) is 52.0 Å². The van der Waals surface area contributed by atoms with Gasteiger partial charge in [-0.05, 0) is 45.7 Å². The van der Waals surface area contributed by atoms with E-state index in [0.717, 1.165) is 24.5 Å². The van der Waals surface area contributed by atoms with E-state index < -0.39 is 0 Å². The zero-order valence-electron chi connectivity index (χ0n) is 21.0. The maximum absolute atomic E-state index is 13.2. The van der Waals surface area contributed by atoms with Crippen molar-refractivity contribution in [1.29, 1.82) is 0 Å². The highest BCUT2D eigenvalue weighted by Crippen LogP contribution is 2.30. The minimum absolute atomic E-state index is 0.0295. The fourth-order valence-electron chi connectivity index (χ4n) is 5.44. The number of carbonyl (C=O) groups is 3. The Balaban J connectivity index is 1.26. The molecule has 3 aliphatic heterocycles. The van der Waals surface area contributed by atoms with E-state index in [9.17, 15) is 14.4 Å². The Labute approximate surface area is 202 Å². The highest BCUT2D eigenvalue weighted by atomic mass is 16.5. The van der Waals surface area contributed by atoms with E-state index in [1.807, 2.05) is 53.7 Å². The van der Waals surface area contributed by atoms with Gasteiger partial charge < -0.3 is 24.3 Å². The molecule has 8 heteroatoms. The summed E-state index contributed by atoms with van der Waals surface area (Å²) in [7, 11) is 1.68. The van der Waals surface area contributed by atoms with Gasteiger partial charge in [-0.2, -0.15) is 0 Å². The summed E-state index contributed by atoms with van der Waals surface area (Å²) in [5, 5.41) is 0. The molecule has 0 spiro atoms. The number of hydrogen-bond acceptors (Lipinski definition) is 5. The van der Waals surface area contributed by atoms with Gasteiger partial charge in [0, 0.05) is 63.7 Å². The second kappa shape index (κ2) is 9.84. The third-order valence-corrected chi connectivity index (χ3v) is 7.46. The second-order valence-electron chi connectivity index (χ2n) is 10.7. The average Bonchev–Trinajstić information content (AvgIpc) is 3.25. The quantitative estimate of drug-likeness (QED) is 0.675. The number of piperazine rings is 1. The lowest BCUT2D eigenvalue weighted by atomic mass is 9.93. The van der Waals surface area contributed by atoms with Crippen molar-refractivity contribution in [1.82, 2.24) is 14.7 Å². The Morgan fingerprint density at radius 1 is 0.882 bits per heavy atom. The van der Waals surface area contributed by atoms with Gasteiger partial charge in [0.2, 0.25) is 17.7 Å². The van der Waals surface area contributed by atoms with Crippen molar-refractivity contribution in [3.8, 4) is 5.75 Å². The first-order chi connectivity index (χ1) is 16.2. The number of hydrogen-bond donors (Lipinski definition) is 0. The minimum atomic E-state index is -0.263. The Kier molecular flexibility index (Phi) is 7.05. The van der Waals surface area contributed by atoms with E-state index in [1.54, 1.807) is 7.11 Å². The Morgan fingerprint density at radius 3 is 2.06 bits per heavy atom. The van der Waals surface area contributed by atoms with E-state index in [1.165, 1.54) is 0 Å². The average molecular weight is 471 g/mol. The smallest absolute Gasteiger partial charge is 0.227 e. The maximum Gasteiger partial charge on any atom is 0.227 e. The molecule has 3 amide bonds. The van der Waals surface area contributed by atoms with Crippen LogP contribution in [0.5, 0.6) is 5.75 Å².